The van der Waals surface area contributed by atoms with Gasteiger partial charge in [-0.1, -0.05) is 6.42 Å². The van der Waals surface area contributed by atoms with E-state index in [1.165, 1.54) is 37.1 Å². The van der Waals surface area contributed by atoms with Gasteiger partial charge in [-0.25, -0.2) is 0 Å². The van der Waals surface area contributed by atoms with Gasteiger partial charge in [0, 0.05) is 24.3 Å². The Morgan fingerprint density at radius 2 is 2.17 bits per heavy atom. The van der Waals surface area contributed by atoms with Crippen LogP contribution >= 0.6 is 0 Å². The number of hydrogen-bond donors (Lipinski definition) is 1. The molecule has 0 radical (unpaired) electrons. The molecular formula is C14H26N4. The highest BCUT2D eigenvalue weighted by molar-refractivity contribution is 5.22. The molecule has 0 bridgehead atoms. The monoisotopic (exact) mass is 250 g/mol. The lowest BCUT2D eigenvalue weighted by Crippen LogP contribution is -2.34. The quantitative estimate of drug-likeness (QED) is 0.887. The van der Waals surface area contributed by atoms with Crippen molar-refractivity contribution in [2.24, 2.45) is 13.0 Å². The van der Waals surface area contributed by atoms with Crippen molar-refractivity contribution >= 4 is 0 Å². The second-order valence-corrected chi connectivity index (χ2v) is 5.55. The van der Waals surface area contributed by atoms with Crippen molar-refractivity contribution in [3.63, 3.8) is 0 Å². The molecule has 0 amide bonds. The first-order valence-corrected chi connectivity index (χ1v) is 6.98. The molecule has 0 aromatic carbocycles. The topological polar surface area (TPSA) is 33.1 Å². The third kappa shape index (κ3) is 2.59. The van der Waals surface area contributed by atoms with E-state index >= 15 is 0 Å². The lowest BCUT2D eigenvalue weighted by Gasteiger charge is -2.32. The van der Waals surface area contributed by atoms with Crippen molar-refractivity contribution < 1.29 is 0 Å². The maximum absolute atomic E-state index is 4.42. The molecule has 0 spiro atoms. The number of aryl methyl sites for hydroxylation is 1. The molecule has 1 saturated heterocycles. The van der Waals surface area contributed by atoms with Crippen molar-refractivity contribution in [2.75, 3.05) is 27.2 Å². The van der Waals surface area contributed by atoms with Crippen LogP contribution in [0.4, 0.5) is 0 Å². The molecule has 102 valence electrons. The van der Waals surface area contributed by atoms with Crippen LogP contribution in [0.3, 0.4) is 0 Å². The molecule has 2 unspecified atom stereocenters. The van der Waals surface area contributed by atoms with Gasteiger partial charge in [0.1, 0.15) is 0 Å². The van der Waals surface area contributed by atoms with Crippen molar-refractivity contribution in [2.45, 2.75) is 32.2 Å². The van der Waals surface area contributed by atoms with Crippen molar-refractivity contribution in [3.05, 3.63) is 17.5 Å². The van der Waals surface area contributed by atoms with Crippen LogP contribution in [-0.4, -0.2) is 41.9 Å². The summed E-state index contributed by atoms with van der Waals surface area (Å²) in [5, 5.41) is 7.78. The summed E-state index contributed by atoms with van der Waals surface area (Å²) in [5.74, 6) is 0.686. The Morgan fingerprint density at radius 1 is 1.39 bits per heavy atom. The second kappa shape index (κ2) is 5.85. The standard InChI is InChI=1S/C14H26N4/c1-11-13(10-16-18(11)4)14-12(9-15-2)7-5-6-8-17(14)3/h10,12,14-15H,5-9H2,1-4H3. The van der Waals surface area contributed by atoms with Gasteiger partial charge in [-0.3, -0.25) is 9.58 Å². The Bertz CT molecular complexity index is 385. The first kappa shape index (κ1) is 13.6. The van der Waals surface area contributed by atoms with Gasteiger partial charge in [-0.15, -0.1) is 0 Å². The lowest BCUT2D eigenvalue weighted by molar-refractivity contribution is 0.190. The molecule has 2 heterocycles. The van der Waals surface area contributed by atoms with E-state index in [1.807, 2.05) is 11.7 Å². The number of nitrogens with zero attached hydrogens (tertiary/aromatic N) is 3. The van der Waals surface area contributed by atoms with Gasteiger partial charge < -0.3 is 5.32 Å². The third-order valence-electron chi connectivity index (χ3n) is 4.32. The zero-order valence-corrected chi connectivity index (χ0v) is 12.1. The lowest BCUT2D eigenvalue weighted by atomic mass is 9.89. The van der Waals surface area contributed by atoms with E-state index < -0.39 is 0 Å². The summed E-state index contributed by atoms with van der Waals surface area (Å²) in [5.41, 5.74) is 2.71. The summed E-state index contributed by atoms with van der Waals surface area (Å²) in [6.07, 6.45) is 6.02. The minimum absolute atomic E-state index is 0.508. The zero-order valence-electron chi connectivity index (χ0n) is 12.1. The highest BCUT2D eigenvalue weighted by Gasteiger charge is 2.30. The number of aromatic nitrogens is 2. The van der Waals surface area contributed by atoms with Crippen LogP contribution in [0, 0.1) is 12.8 Å². The van der Waals surface area contributed by atoms with Crippen LogP contribution in [0.2, 0.25) is 0 Å². The van der Waals surface area contributed by atoms with Gasteiger partial charge in [0.15, 0.2) is 0 Å². The fraction of sp³-hybridized carbons (Fsp3) is 0.786. The smallest absolute Gasteiger partial charge is 0.0540 e. The number of rotatable bonds is 3. The number of hydrogen-bond acceptors (Lipinski definition) is 3. The molecule has 1 aromatic rings. The fourth-order valence-electron chi connectivity index (χ4n) is 3.20. The molecule has 0 saturated carbocycles. The van der Waals surface area contributed by atoms with Gasteiger partial charge in [0.2, 0.25) is 0 Å². The Morgan fingerprint density at radius 3 is 2.78 bits per heavy atom. The van der Waals surface area contributed by atoms with E-state index in [4.69, 9.17) is 0 Å². The first-order valence-electron chi connectivity index (χ1n) is 6.98. The summed E-state index contributed by atoms with van der Waals surface area (Å²) in [6, 6.07) is 0.508. The van der Waals surface area contributed by atoms with Gasteiger partial charge in [-0.05, 0) is 52.9 Å². The average Bonchev–Trinajstić information content (AvgIpc) is 2.57. The van der Waals surface area contributed by atoms with Gasteiger partial charge in [0.25, 0.3) is 0 Å². The van der Waals surface area contributed by atoms with Crippen molar-refractivity contribution in [1.29, 1.82) is 0 Å². The Balaban J connectivity index is 2.31. The van der Waals surface area contributed by atoms with Crippen LogP contribution in [0.15, 0.2) is 6.20 Å². The minimum Gasteiger partial charge on any atom is -0.319 e. The third-order valence-corrected chi connectivity index (χ3v) is 4.32. The average molecular weight is 250 g/mol. The fourth-order valence-corrected chi connectivity index (χ4v) is 3.20. The van der Waals surface area contributed by atoms with Crippen LogP contribution < -0.4 is 5.32 Å². The summed E-state index contributed by atoms with van der Waals surface area (Å²) in [4.78, 5) is 2.51. The summed E-state index contributed by atoms with van der Waals surface area (Å²) in [7, 11) is 6.34. The van der Waals surface area contributed by atoms with Crippen molar-refractivity contribution in [1.82, 2.24) is 20.0 Å². The van der Waals surface area contributed by atoms with Crippen LogP contribution in [0.5, 0.6) is 0 Å². The highest BCUT2D eigenvalue weighted by Crippen LogP contribution is 2.35. The molecule has 1 fully saturated rings. The van der Waals surface area contributed by atoms with Crippen LogP contribution in [-0.2, 0) is 7.05 Å². The van der Waals surface area contributed by atoms with Crippen LogP contribution in [0.25, 0.3) is 0 Å². The molecule has 0 aliphatic carbocycles. The van der Waals surface area contributed by atoms with Gasteiger partial charge >= 0.3 is 0 Å². The largest absolute Gasteiger partial charge is 0.319 e. The summed E-state index contributed by atoms with van der Waals surface area (Å²) in [6.45, 7) is 4.46. The SMILES string of the molecule is CNCC1CCCCN(C)C1c1cnn(C)c1C. The van der Waals surface area contributed by atoms with Gasteiger partial charge in [0.05, 0.1) is 6.20 Å². The summed E-state index contributed by atoms with van der Waals surface area (Å²) >= 11 is 0. The zero-order chi connectivity index (χ0) is 13.1. The molecule has 2 atom stereocenters. The molecule has 1 aromatic heterocycles. The van der Waals surface area contributed by atoms with Crippen molar-refractivity contribution in [3.8, 4) is 0 Å². The predicted octanol–water partition coefficient (Wildman–Crippen LogP) is 1.72. The minimum atomic E-state index is 0.508. The Labute approximate surface area is 110 Å². The molecular weight excluding hydrogens is 224 g/mol. The summed E-state index contributed by atoms with van der Waals surface area (Å²) < 4.78 is 1.99. The van der Waals surface area contributed by atoms with E-state index in [9.17, 15) is 0 Å². The maximum atomic E-state index is 4.42. The Kier molecular flexibility index (Phi) is 4.40. The molecule has 4 heteroatoms. The Hall–Kier alpha value is -0.870. The number of nitrogens with one attached hydrogen (secondary N) is 1. The first-order chi connectivity index (χ1) is 8.65. The highest BCUT2D eigenvalue weighted by atomic mass is 15.3. The maximum Gasteiger partial charge on any atom is 0.0540 e. The van der Waals surface area contributed by atoms with Gasteiger partial charge in [-0.2, -0.15) is 5.10 Å². The van der Waals surface area contributed by atoms with E-state index in [-0.39, 0.29) is 0 Å². The number of likely N-dealkylation sites (tertiary alicyclic amines) is 1. The van der Waals surface area contributed by atoms with E-state index in [0.717, 1.165) is 6.54 Å². The second-order valence-electron chi connectivity index (χ2n) is 5.55. The molecule has 2 rings (SSSR count). The molecule has 1 aliphatic rings. The van der Waals surface area contributed by atoms with E-state index in [0.29, 0.717) is 12.0 Å². The molecule has 18 heavy (non-hydrogen) atoms. The normalized spacial score (nSPS) is 26.2. The molecule has 1 N–H and O–H groups in total. The van der Waals surface area contributed by atoms with Crippen LogP contribution in [0.1, 0.15) is 36.6 Å². The molecule has 1 aliphatic heterocycles. The predicted molar refractivity (Wildman–Crippen MR) is 74.6 cm³/mol. The molecule has 4 nitrogen and oxygen atoms in total. The van der Waals surface area contributed by atoms with E-state index in [2.05, 4.69) is 42.5 Å². The van der Waals surface area contributed by atoms with E-state index in [1.54, 1.807) is 0 Å².